The van der Waals surface area contributed by atoms with E-state index in [0.29, 0.717) is 17.5 Å². The Hall–Kier alpha value is -4.61. The summed E-state index contributed by atoms with van der Waals surface area (Å²) in [4.78, 5) is 53.5. The fraction of sp³-hybridized carbons (Fsp3) is 0.379. The van der Waals surface area contributed by atoms with Gasteiger partial charge in [-0.05, 0) is 43.4 Å². The SMILES string of the molecule is CN(CC(=O)N[C@@H](CCCN=C(N)N)C(=O)c1nc2ccccc2s1)C(=O)[C@@H](CCCN=C(N)N)NS(=O)(=O)Cc1ccccc1. The van der Waals surface area contributed by atoms with E-state index in [1.54, 1.807) is 36.4 Å². The molecule has 17 heteroatoms. The van der Waals surface area contributed by atoms with Gasteiger partial charge in [0.05, 0.1) is 28.6 Å². The van der Waals surface area contributed by atoms with Gasteiger partial charge in [0.25, 0.3) is 0 Å². The second kappa shape index (κ2) is 17.2. The summed E-state index contributed by atoms with van der Waals surface area (Å²) in [5, 5.41) is 2.94. The minimum atomic E-state index is -3.95. The van der Waals surface area contributed by atoms with E-state index in [4.69, 9.17) is 22.9 Å². The highest BCUT2D eigenvalue weighted by Crippen LogP contribution is 2.23. The molecule has 0 fully saturated rings. The predicted octanol–water partition coefficient (Wildman–Crippen LogP) is 0.0176. The number of hydrogen-bond donors (Lipinski definition) is 6. The monoisotopic (exact) mass is 672 g/mol. The van der Waals surface area contributed by atoms with E-state index in [1.807, 2.05) is 18.2 Å². The molecule has 0 aliphatic carbocycles. The van der Waals surface area contributed by atoms with E-state index in [0.717, 1.165) is 9.60 Å². The number of nitrogens with two attached hydrogens (primary N) is 4. The summed E-state index contributed by atoms with van der Waals surface area (Å²) in [5.74, 6) is -2.22. The van der Waals surface area contributed by atoms with Gasteiger partial charge in [-0.25, -0.2) is 18.1 Å². The van der Waals surface area contributed by atoms with Crippen LogP contribution in [0.25, 0.3) is 10.2 Å². The lowest BCUT2D eigenvalue weighted by Crippen LogP contribution is -2.51. The Labute approximate surface area is 271 Å². The van der Waals surface area contributed by atoms with Gasteiger partial charge >= 0.3 is 0 Å². The Morgan fingerprint density at radius 3 is 2.09 bits per heavy atom. The molecule has 0 saturated heterocycles. The van der Waals surface area contributed by atoms with E-state index in [9.17, 15) is 22.8 Å². The number of sulfonamides is 1. The zero-order valence-corrected chi connectivity index (χ0v) is 27.1. The highest BCUT2D eigenvalue weighted by Gasteiger charge is 2.30. The molecule has 0 radical (unpaired) electrons. The average molecular weight is 673 g/mol. The highest BCUT2D eigenvalue weighted by molar-refractivity contribution is 7.88. The standard InChI is InChI=1S/C29H40N10O5S2/c1-39(27(42)22(13-8-16-35-29(32)33)38-46(43,44)18-19-9-3-2-4-10-19)17-24(40)36-21(12-7-15-34-28(30)31)25(41)26-37-20-11-5-6-14-23(20)45-26/h2-6,9-11,14,21-22,38H,7-8,12-13,15-18H2,1H3,(H,36,40)(H4,30,31,34)(H4,32,33,35)/t21-,22+/m0/s1. The van der Waals surface area contributed by atoms with Gasteiger partial charge in [0.2, 0.25) is 27.6 Å². The van der Waals surface area contributed by atoms with Crippen molar-refractivity contribution in [1.29, 1.82) is 0 Å². The topological polar surface area (TPSA) is 254 Å². The second-order valence-corrected chi connectivity index (χ2v) is 13.3. The third-order valence-corrected chi connectivity index (χ3v) is 9.03. The lowest BCUT2D eigenvalue weighted by Gasteiger charge is -2.25. The summed E-state index contributed by atoms with van der Waals surface area (Å²) in [6.07, 6.45) is 0.951. The number of aromatic nitrogens is 1. The first-order valence-electron chi connectivity index (χ1n) is 14.4. The van der Waals surface area contributed by atoms with Gasteiger partial charge in [-0.15, -0.1) is 11.3 Å². The number of guanidine groups is 2. The molecule has 248 valence electrons. The first kappa shape index (κ1) is 35.9. The molecule has 3 aromatic rings. The maximum Gasteiger partial charge on any atom is 0.240 e. The molecule has 2 aromatic carbocycles. The molecule has 0 saturated carbocycles. The first-order chi connectivity index (χ1) is 21.8. The van der Waals surface area contributed by atoms with Crippen molar-refractivity contribution in [3.05, 3.63) is 65.2 Å². The Balaban J connectivity index is 1.72. The quantitative estimate of drug-likeness (QED) is 0.0457. The number of thiazole rings is 1. The van der Waals surface area contributed by atoms with Gasteiger partial charge in [-0.2, -0.15) is 0 Å². The predicted molar refractivity (Wildman–Crippen MR) is 179 cm³/mol. The van der Waals surface area contributed by atoms with E-state index >= 15 is 0 Å². The largest absolute Gasteiger partial charge is 0.370 e. The highest BCUT2D eigenvalue weighted by atomic mass is 32.2. The molecule has 3 rings (SSSR count). The van der Waals surface area contributed by atoms with Gasteiger partial charge in [-0.3, -0.25) is 24.4 Å². The Kier molecular flexibility index (Phi) is 13.4. The summed E-state index contributed by atoms with van der Waals surface area (Å²) >= 11 is 1.21. The lowest BCUT2D eigenvalue weighted by atomic mass is 10.1. The zero-order valence-electron chi connectivity index (χ0n) is 25.5. The second-order valence-electron chi connectivity index (χ2n) is 10.5. The summed E-state index contributed by atoms with van der Waals surface area (Å²) in [6.45, 7) is -0.0296. The van der Waals surface area contributed by atoms with Gasteiger partial charge in [0.15, 0.2) is 16.9 Å². The average Bonchev–Trinajstić information content (AvgIpc) is 3.44. The first-order valence-corrected chi connectivity index (χ1v) is 16.9. The van der Waals surface area contributed by atoms with Crippen molar-refractivity contribution in [3.8, 4) is 0 Å². The number of hydrogen-bond acceptors (Lipinski definition) is 9. The summed E-state index contributed by atoms with van der Waals surface area (Å²) < 4.78 is 29.3. The number of likely N-dealkylation sites (N-methyl/N-ethyl adjacent to an activating group) is 1. The summed E-state index contributed by atoms with van der Waals surface area (Å²) in [6, 6.07) is 13.6. The van der Waals surface area contributed by atoms with Crippen molar-refractivity contribution < 1.29 is 22.8 Å². The summed E-state index contributed by atoms with van der Waals surface area (Å²) in [7, 11) is -2.57. The molecular formula is C29H40N10O5S2. The van der Waals surface area contributed by atoms with Crippen LogP contribution in [0, 0.1) is 0 Å². The number of para-hydroxylation sites is 1. The van der Waals surface area contributed by atoms with Crippen LogP contribution in [0.15, 0.2) is 64.6 Å². The molecule has 0 unspecified atom stereocenters. The van der Waals surface area contributed by atoms with E-state index in [-0.39, 0.29) is 60.8 Å². The molecule has 46 heavy (non-hydrogen) atoms. The Bertz CT molecular complexity index is 1620. The number of aliphatic imine (C=N–C) groups is 2. The normalized spacial score (nSPS) is 12.5. The van der Waals surface area contributed by atoms with Crippen molar-refractivity contribution in [3.63, 3.8) is 0 Å². The lowest BCUT2D eigenvalue weighted by molar-refractivity contribution is -0.136. The van der Waals surface area contributed by atoms with Crippen molar-refractivity contribution in [2.75, 3.05) is 26.7 Å². The number of carbonyl (C=O) groups is 3. The van der Waals surface area contributed by atoms with Gasteiger partial charge in [0.1, 0.15) is 6.04 Å². The van der Waals surface area contributed by atoms with Gasteiger partial charge < -0.3 is 33.2 Å². The number of rotatable bonds is 18. The van der Waals surface area contributed by atoms with E-state index < -0.39 is 40.5 Å². The maximum absolute atomic E-state index is 13.5. The number of benzene rings is 2. The van der Waals surface area contributed by atoms with Crippen LogP contribution in [0.2, 0.25) is 0 Å². The molecule has 15 nitrogen and oxygen atoms in total. The molecule has 0 aliphatic heterocycles. The molecule has 0 bridgehead atoms. The van der Waals surface area contributed by atoms with Crippen LogP contribution >= 0.6 is 11.3 Å². The molecule has 2 amide bonds. The maximum atomic E-state index is 13.5. The fourth-order valence-electron chi connectivity index (χ4n) is 4.49. The van der Waals surface area contributed by atoms with Crippen molar-refractivity contribution in [1.82, 2.24) is 19.9 Å². The molecule has 2 atom stereocenters. The third-order valence-electron chi connectivity index (χ3n) is 6.62. The minimum Gasteiger partial charge on any atom is -0.370 e. The van der Waals surface area contributed by atoms with E-state index in [2.05, 4.69) is 25.0 Å². The Morgan fingerprint density at radius 1 is 0.891 bits per heavy atom. The van der Waals surface area contributed by atoms with Crippen LogP contribution in [-0.4, -0.2) is 86.6 Å². The zero-order chi connectivity index (χ0) is 33.7. The number of amides is 2. The van der Waals surface area contributed by atoms with Gasteiger partial charge in [-0.1, -0.05) is 42.5 Å². The van der Waals surface area contributed by atoms with Crippen molar-refractivity contribution in [2.45, 2.75) is 43.5 Å². The van der Waals surface area contributed by atoms with Crippen LogP contribution in [0.4, 0.5) is 0 Å². The van der Waals surface area contributed by atoms with Crippen LogP contribution in [0.1, 0.15) is 41.0 Å². The van der Waals surface area contributed by atoms with Crippen LogP contribution in [0.3, 0.4) is 0 Å². The number of Topliss-reactive ketones (excluding diaryl/α,β-unsaturated/α-hetero) is 1. The number of carbonyl (C=O) groups excluding carboxylic acids is 3. The number of nitrogens with zero attached hydrogens (tertiary/aromatic N) is 4. The molecule has 10 N–H and O–H groups in total. The molecule has 0 aliphatic rings. The van der Waals surface area contributed by atoms with Crippen LogP contribution in [0.5, 0.6) is 0 Å². The molecule has 1 aromatic heterocycles. The number of fused-ring (bicyclic) bond motifs is 1. The van der Waals surface area contributed by atoms with E-state index in [1.165, 1.54) is 18.4 Å². The smallest absolute Gasteiger partial charge is 0.240 e. The van der Waals surface area contributed by atoms with Crippen LogP contribution in [-0.2, 0) is 25.4 Å². The number of ketones is 1. The van der Waals surface area contributed by atoms with Crippen LogP contribution < -0.4 is 33.0 Å². The minimum absolute atomic E-state index is 0.0686. The third kappa shape index (κ3) is 11.7. The molecule has 0 spiro atoms. The van der Waals surface area contributed by atoms with Crippen molar-refractivity contribution in [2.24, 2.45) is 32.9 Å². The van der Waals surface area contributed by atoms with Gasteiger partial charge in [0, 0.05) is 20.1 Å². The molecular weight excluding hydrogens is 633 g/mol. The fourth-order valence-corrected chi connectivity index (χ4v) is 6.81. The molecule has 1 heterocycles. The summed E-state index contributed by atoms with van der Waals surface area (Å²) in [5.41, 5.74) is 22.8. The van der Waals surface area contributed by atoms with Crippen molar-refractivity contribution >= 4 is 61.1 Å². The number of nitrogens with one attached hydrogen (secondary N) is 2. The Morgan fingerprint density at radius 2 is 1.48 bits per heavy atom.